The van der Waals surface area contributed by atoms with Crippen molar-refractivity contribution in [3.63, 3.8) is 0 Å². The molecule has 86 valence electrons. The molecule has 0 aliphatic heterocycles. The minimum atomic E-state index is 0.249. The van der Waals surface area contributed by atoms with Crippen LogP contribution in [-0.4, -0.2) is 6.54 Å². The number of benzene rings is 1. The van der Waals surface area contributed by atoms with Crippen molar-refractivity contribution in [2.45, 2.75) is 32.7 Å². The molecule has 0 spiro atoms. The maximum absolute atomic E-state index is 5.42. The van der Waals surface area contributed by atoms with Crippen molar-refractivity contribution < 1.29 is 0 Å². The standard InChI is InChI=1S/C14H18BrN/c1-4-7-13(16-10-5-2)12-9-6-8-11(3)14(12)15/h1,6,8-9,13,16H,5,7,10H2,2-3H3. The number of aryl methyl sites for hydroxylation is 1. The molecule has 1 aromatic carbocycles. The lowest BCUT2D eigenvalue weighted by molar-refractivity contribution is 0.540. The van der Waals surface area contributed by atoms with E-state index in [1.807, 2.05) is 0 Å². The van der Waals surface area contributed by atoms with Gasteiger partial charge in [0.1, 0.15) is 0 Å². The first-order chi connectivity index (χ1) is 7.70. The molecule has 1 aromatic rings. The van der Waals surface area contributed by atoms with E-state index in [0.717, 1.165) is 19.4 Å². The Balaban J connectivity index is 2.92. The van der Waals surface area contributed by atoms with E-state index in [1.165, 1.54) is 15.6 Å². The van der Waals surface area contributed by atoms with Crippen LogP contribution in [0.2, 0.25) is 0 Å². The van der Waals surface area contributed by atoms with Gasteiger partial charge in [-0.1, -0.05) is 41.1 Å². The predicted molar refractivity (Wildman–Crippen MR) is 73.4 cm³/mol. The van der Waals surface area contributed by atoms with Crippen molar-refractivity contribution in [2.75, 3.05) is 6.54 Å². The van der Waals surface area contributed by atoms with Crippen molar-refractivity contribution in [3.05, 3.63) is 33.8 Å². The fourth-order valence-electron chi connectivity index (χ4n) is 1.67. The van der Waals surface area contributed by atoms with E-state index in [-0.39, 0.29) is 6.04 Å². The van der Waals surface area contributed by atoms with Gasteiger partial charge in [-0.3, -0.25) is 0 Å². The van der Waals surface area contributed by atoms with Gasteiger partial charge >= 0.3 is 0 Å². The van der Waals surface area contributed by atoms with E-state index in [2.05, 4.69) is 59.2 Å². The molecule has 0 saturated heterocycles. The van der Waals surface area contributed by atoms with Crippen LogP contribution in [0.4, 0.5) is 0 Å². The van der Waals surface area contributed by atoms with Crippen LogP contribution in [-0.2, 0) is 0 Å². The Kier molecular flexibility index (Phi) is 5.59. The van der Waals surface area contributed by atoms with Gasteiger partial charge in [0.05, 0.1) is 0 Å². The zero-order chi connectivity index (χ0) is 12.0. The highest BCUT2D eigenvalue weighted by atomic mass is 79.9. The molecule has 1 nitrogen and oxygen atoms in total. The first-order valence-corrected chi connectivity index (χ1v) is 6.41. The third-order valence-electron chi connectivity index (χ3n) is 2.56. The number of rotatable bonds is 5. The van der Waals surface area contributed by atoms with Crippen molar-refractivity contribution >= 4 is 15.9 Å². The number of halogens is 1. The fourth-order valence-corrected chi connectivity index (χ4v) is 2.21. The van der Waals surface area contributed by atoms with Gasteiger partial charge in [0.15, 0.2) is 0 Å². The van der Waals surface area contributed by atoms with Crippen LogP contribution in [0.5, 0.6) is 0 Å². The first-order valence-electron chi connectivity index (χ1n) is 5.62. The van der Waals surface area contributed by atoms with Crippen LogP contribution in [0.1, 0.15) is 36.9 Å². The molecule has 16 heavy (non-hydrogen) atoms. The van der Waals surface area contributed by atoms with Gasteiger partial charge in [0, 0.05) is 16.9 Å². The molecule has 1 rings (SSSR count). The van der Waals surface area contributed by atoms with E-state index in [1.54, 1.807) is 0 Å². The summed E-state index contributed by atoms with van der Waals surface area (Å²) >= 11 is 3.63. The number of hydrogen-bond donors (Lipinski definition) is 1. The van der Waals surface area contributed by atoms with Crippen molar-refractivity contribution in [2.24, 2.45) is 0 Å². The van der Waals surface area contributed by atoms with Crippen LogP contribution in [0.25, 0.3) is 0 Å². The zero-order valence-corrected chi connectivity index (χ0v) is 11.5. The Morgan fingerprint density at radius 1 is 1.50 bits per heavy atom. The molecule has 0 amide bonds. The van der Waals surface area contributed by atoms with Gasteiger partial charge in [-0.2, -0.15) is 0 Å². The summed E-state index contributed by atoms with van der Waals surface area (Å²) in [5.74, 6) is 2.74. The van der Waals surface area contributed by atoms with Gasteiger partial charge < -0.3 is 5.32 Å². The first kappa shape index (κ1) is 13.3. The smallest absolute Gasteiger partial charge is 0.0442 e. The minimum Gasteiger partial charge on any atom is -0.309 e. The highest BCUT2D eigenvalue weighted by molar-refractivity contribution is 9.10. The average molecular weight is 280 g/mol. The summed E-state index contributed by atoms with van der Waals surface area (Å²) in [5.41, 5.74) is 2.50. The highest BCUT2D eigenvalue weighted by Gasteiger charge is 2.13. The van der Waals surface area contributed by atoms with Crippen LogP contribution in [0.15, 0.2) is 22.7 Å². The quantitative estimate of drug-likeness (QED) is 0.808. The third kappa shape index (κ3) is 3.37. The Hall–Kier alpha value is -0.780. The summed E-state index contributed by atoms with van der Waals surface area (Å²) in [6.07, 6.45) is 7.26. The molecule has 2 heteroatoms. The van der Waals surface area contributed by atoms with Crippen molar-refractivity contribution in [1.82, 2.24) is 5.32 Å². The molecule has 0 heterocycles. The summed E-state index contributed by atoms with van der Waals surface area (Å²) in [6.45, 7) is 5.25. The summed E-state index contributed by atoms with van der Waals surface area (Å²) < 4.78 is 1.17. The third-order valence-corrected chi connectivity index (χ3v) is 3.64. The number of nitrogens with one attached hydrogen (secondary N) is 1. The van der Waals surface area contributed by atoms with Gasteiger partial charge in [-0.05, 0) is 31.0 Å². The molecule has 0 aromatic heterocycles. The van der Waals surface area contributed by atoms with Crippen LogP contribution in [0, 0.1) is 19.3 Å². The molecular formula is C14H18BrN. The average Bonchev–Trinajstić information content (AvgIpc) is 2.28. The fraction of sp³-hybridized carbons (Fsp3) is 0.429. The lowest BCUT2D eigenvalue weighted by Gasteiger charge is -2.19. The molecule has 1 N–H and O–H groups in total. The molecule has 1 unspecified atom stereocenters. The maximum Gasteiger partial charge on any atom is 0.0442 e. The van der Waals surface area contributed by atoms with Crippen molar-refractivity contribution in [3.8, 4) is 12.3 Å². The van der Waals surface area contributed by atoms with Crippen LogP contribution >= 0.6 is 15.9 Å². The van der Waals surface area contributed by atoms with Gasteiger partial charge in [0.2, 0.25) is 0 Å². The molecule has 0 fully saturated rings. The van der Waals surface area contributed by atoms with E-state index < -0.39 is 0 Å². The predicted octanol–water partition coefficient (Wildman–Crippen LogP) is 3.82. The highest BCUT2D eigenvalue weighted by Crippen LogP contribution is 2.28. The lowest BCUT2D eigenvalue weighted by Crippen LogP contribution is -2.22. The summed E-state index contributed by atoms with van der Waals surface area (Å²) in [6, 6.07) is 6.55. The molecule has 0 aliphatic rings. The second kappa shape index (κ2) is 6.73. The van der Waals surface area contributed by atoms with Gasteiger partial charge in [-0.15, -0.1) is 12.3 Å². The largest absolute Gasteiger partial charge is 0.309 e. The second-order valence-electron chi connectivity index (χ2n) is 3.89. The van der Waals surface area contributed by atoms with Crippen molar-refractivity contribution in [1.29, 1.82) is 0 Å². The lowest BCUT2D eigenvalue weighted by atomic mass is 10.0. The Morgan fingerprint density at radius 2 is 2.25 bits per heavy atom. The molecule has 0 saturated carbocycles. The molecule has 0 radical (unpaired) electrons. The Bertz CT molecular complexity index is 379. The molecule has 0 aliphatic carbocycles. The Morgan fingerprint density at radius 3 is 2.88 bits per heavy atom. The number of terminal acetylenes is 1. The van der Waals surface area contributed by atoms with Gasteiger partial charge in [0.25, 0.3) is 0 Å². The second-order valence-corrected chi connectivity index (χ2v) is 4.69. The maximum atomic E-state index is 5.42. The van der Waals surface area contributed by atoms with E-state index in [0.29, 0.717) is 0 Å². The summed E-state index contributed by atoms with van der Waals surface area (Å²) in [5, 5.41) is 3.48. The molecule has 0 bridgehead atoms. The number of hydrogen-bond acceptors (Lipinski definition) is 1. The topological polar surface area (TPSA) is 12.0 Å². The van der Waals surface area contributed by atoms with E-state index >= 15 is 0 Å². The van der Waals surface area contributed by atoms with Crippen LogP contribution < -0.4 is 5.32 Å². The van der Waals surface area contributed by atoms with Crippen LogP contribution in [0.3, 0.4) is 0 Å². The van der Waals surface area contributed by atoms with E-state index in [9.17, 15) is 0 Å². The zero-order valence-electron chi connectivity index (χ0n) is 9.89. The van der Waals surface area contributed by atoms with E-state index in [4.69, 9.17) is 6.42 Å². The summed E-state index contributed by atoms with van der Waals surface area (Å²) in [4.78, 5) is 0. The minimum absolute atomic E-state index is 0.249. The van der Waals surface area contributed by atoms with Gasteiger partial charge in [-0.25, -0.2) is 0 Å². The molecular weight excluding hydrogens is 262 g/mol. The Labute approximate surface area is 107 Å². The SMILES string of the molecule is C#CCC(NCCC)c1cccc(C)c1Br. The summed E-state index contributed by atoms with van der Waals surface area (Å²) in [7, 11) is 0. The monoisotopic (exact) mass is 279 g/mol. The normalized spacial score (nSPS) is 12.1. The molecule has 1 atom stereocenters.